The van der Waals surface area contributed by atoms with Gasteiger partial charge in [0.1, 0.15) is 18.9 Å². The van der Waals surface area contributed by atoms with E-state index < -0.39 is 22.5 Å². The van der Waals surface area contributed by atoms with Crippen molar-refractivity contribution in [1.82, 2.24) is 9.88 Å². The van der Waals surface area contributed by atoms with Crippen molar-refractivity contribution in [3.05, 3.63) is 46.8 Å². The van der Waals surface area contributed by atoms with Gasteiger partial charge in [0.05, 0.1) is 16.2 Å². The van der Waals surface area contributed by atoms with Crippen LogP contribution in [0.3, 0.4) is 0 Å². The van der Waals surface area contributed by atoms with Gasteiger partial charge >= 0.3 is 5.97 Å². The molecule has 0 aliphatic carbocycles. The zero-order chi connectivity index (χ0) is 18.6. The summed E-state index contributed by atoms with van der Waals surface area (Å²) in [5, 5.41) is 3.74. The van der Waals surface area contributed by atoms with Gasteiger partial charge in [-0.1, -0.05) is 17.3 Å². The molecule has 0 aliphatic rings. The maximum atomic E-state index is 12.1. The zero-order valence-electron chi connectivity index (χ0n) is 14.0. The van der Waals surface area contributed by atoms with Gasteiger partial charge in [-0.2, -0.15) is 4.72 Å². The highest BCUT2D eigenvalue weighted by Crippen LogP contribution is 2.13. The van der Waals surface area contributed by atoms with Crippen molar-refractivity contribution in [2.45, 2.75) is 32.3 Å². The molecule has 0 saturated heterocycles. The van der Waals surface area contributed by atoms with Crippen molar-refractivity contribution < 1.29 is 27.3 Å². The number of nitrogens with one attached hydrogen (secondary N) is 1. The molecule has 1 aromatic carbocycles. The minimum absolute atomic E-state index is 0.0453. The summed E-state index contributed by atoms with van der Waals surface area (Å²) in [4.78, 5) is 22.9. The summed E-state index contributed by atoms with van der Waals surface area (Å²) in [7, 11) is -3.88. The number of nitrogens with zero attached hydrogens (tertiary/aromatic N) is 1. The normalized spacial score (nSPS) is 11.3. The first-order chi connectivity index (χ1) is 11.7. The first-order valence-electron chi connectivity index (χ1n) is 7.38. The van der Waals surface area contributed by atoms with E-state index in [0.717, 1.165) is 0 Å². The van der Waals surface area contributed by atoms with Crippen LogP contribution in [0.2, 0.25) is 0 Å². The van der Waals surface area contributed by atoms with Crippen molar-refractivity contribution in [2.75, 3.05) is 6.54 Å². The Labute approximate surface area is 145 Å². The number of benzene rings is 1. The van der Waals surface area contributed by atoms with E-state index in [-0.39, 0.29) is 17.3 Å². The lowest BCUT2D eigenvalue weighted by molar-refractivity contribution is -0.143. The van der Waals surface area contributed by atoms with Gasteiger partial charge in [-0.25, -0.2) is 8.42 Å². The molecule has 0 bridgehead atoms. The van der Waals surface area contributed by atoms with Crippen LogP contribution in [0.5, 0.6) is 0 Å². The number of rotatable bonds is 7. The van der Waals surface area contributed by atoms with Gasteiger partial charge in [0.15, 0.2) is 5.78 Å². The molecule has 0 unspecified atom stereocenters. The van der Waals surface area contributed by atoms with Gasteiger partial charge in [-0.15, -0.1) is 0 Å². The second-order valence-corrected chi connectivity index (χ2v) is 7.14. The molecule has 25 heavy (non-hydrogen) atoms. The molecule has 0 saturated carbocycles. The summed E-state index contributed by atoms with van der Waals surface area (Å²) < 4.78 is 36.4. The Morgan fingerprint density at radius 2 is 1.84 bits per heavy atom. The van der Waals surface area contributed by atoms with Gasteiger partial charge in [0.25, 0.3) is 0 Å². The average molecular weight is 366 g/mol. The largest absolute Gasteiger partial charge is 0.460 e. The predicted molar refractivity (Wildman–Crippen MR) is 87.4 cm³/mol. The summed E-state index contributed by atoms with van der Waals surface area (Å²) in [6.07, 6.45) is 0. The number of carbonyl (C=O) groups is 2. The molecule has 2 rings (SSSR count). The molecule has 134 valence electrons. The third-order valence-corrected chi connectivity index (χ3v) is 4.95. The van der Waals surface area contributed by atoms with Crippen molar-refractivity contribution >= 4 is 21.8 Å². The maximum absolute atomic E-state index is 12.1. The molecule has 8 nitrogen and oxygen atoms in total. The fraction of sp³-hybridized carbons (Fsp3) is 0.312. The van der Waals surface area contributed by atoms with Crippen molar-refractivity contribution in [3.63, 3.8) is 0 Å². The maximum Gasteiger partial charge on any atom is 0.321 e. The first kappa shape index (κ1) is 18.8. The van der Waals surface area contributed by atoms with E-state index >= 15 is 0 Å². The van der Waals surface area contributed by atoms with Gasteiger partial charge in [-0.05, 0) is 32.9 Å². The molecule has 0 spiro atoms. The van der Waals surface area contributed by atoms with Crippen LogP contribution in [0.25, 0.3) is 0 Å². The lowest BCUT2D eigenvalue weighted by Gasteiger charge is -2.08. The van der Waals surface area contributed by atoms with E-state index in [1.165, 1.54) is 31.2 Å². The minimum Gasteiger partial charge on any atom is -0.460 e. The predicted octanol–water partition coefficient (Wildman–Crippen LogP) is 1.52. The molecule has 1 N–H and O–H groups in total. The summed E-state index contributed by atoms with van der Waals surface area (Å²) in [6, 6.07) is 5.42. The number of carbonyl (C=O) groups excluding carboxylic acids is 2. The van der Waals surface area contributed by atoms with E-state index in [9.17, 15) is 18.0 Å². The topological polar surface area (TPSA) is 116 Å². The minimum atomic E-state index is -3.88. The quantitative estimate of drug-likeness (QED) is 0.583. The molecular formula is C16H18N2O6S. The Kier molecular flexibility index (Phi) is 5.70. The van der Waals surface area contributed by atoms with Crippen LogP contribution in [-0.2, 0) is 26.2 Å². The van der Waals surface area contributed by atoms with Crippen LogP contribution >= 0.6 is 0 Å². The lowest BCUT2D eigenvalue weighted by Crippen LogP contribution is -2.30. The summed E-state index contributed by atoms with van der Waals surface area (Å²) in [5.41, 5.74) is 1.66. The van der Waals surface area contributed by atoms with Crippen LogP contribution < -0.4 is 4.72 Å². The van der Waals surface area contributed by atoms with Crippen molar-refractivity contribution in [2.24, 2.45) is 0 Å². The van der Waals surface area contributed by atoms with Crippen LogP contribution in [0, 0.1) is 13.8 Å². The lowest BCUT2D eigenvalue weighted by atomic mass is 10.2. The highest BCUT2D eigenvalue weighted by Gasteiger charge is 2.17. The zero-order valence-corrected chi connectivity index (χ0v) is 14.8. The van der Waals surface area contributed by atoms with Gasteiger partial charge < -0.3 is 9.26 Å². The number of ketones is 1. The third kappa shape index (κ3) is 4.74. The number of sulfonamides is 1. The van der Waals surface area contributed by atoms with E-state index in [2.05, 4.69) is 9.88 Å². The first-order valence-corrected chi connectivity index (χ1v) is 8.87. The van der Waals surface area contributed by atoms with Gasteiger partial charge in [0.2, 0.25) is 10.0 Å². The number of hydrogen-bond donors (Lipinski definition) is 1. The van der Waals surface area contributed by atoms with Gasteiger partial charge in [-0.3, -0.25) is 9.59 Å². The SMILES string of the molecule is CC(=O)c1ccc(S(=O)(=O)NCC(=O)OCc2c(C)noc2C)cc1. The monoisotopic (exact) mass is 366 g/mol. The third-order valence-electron chi connectivity index (χ3n) is 3.54. The van der Waals surface area contributed by atoms with Crippen molar-refractivity contribution in [3.8, 4) is 0 Å². The van der Waals surface area contributed by atoms with Crippen LogP contribution in [-0.4, -0.2) is 31.9 Å². The second kappa shape index (κ2) is 7.58. The van der Waals surface area contributed by atoms with Gasteiger partial charge in [0, 0.05) is 5.56 Å². The van der Waals surface area contributed by atoms with Crippen LogP contribution in [0.1, 0.15) is 34.3 Å². The van der Waals surface area contributed by atoms with E-state index in [1.807, 2.05) is 0 Å². The Morgan fingerprint density at radius 1 is 1.20 bits per heavy atom. The summed E-state index contributed by atoms with van der Waals surface area (Å²) >= 11 is 0. The van der Waals surface area contributed by atoms with Crippen LogP contribution in [0.15, 0.2) is 33.7 Å². The number of aryl methyl sites for hydroxylation is 2. The number of Topliss-reactive ketones (excluding diaryl/α,β-unsaturated/α-hetero) is 1. The standard InChI is InChI=1S/C16H18N2O6S/c1-10-15(12(3)24-18-10)9-23-16(20)8-17-25(21,22)14-6-4-13(5-7-14)11(2)19/h4-7,17H,8-9H2,1-3H3. The molecule has 0 radical (unpaired) electrons. The molecular weight excluding hydrogens is 348 g/mol. The molecule has 0 atom stereocenters. The summed E-state index contributed by atoms with van der Waals surface area (Å²) in [5.74, 6) is -0.361. The Bertz CT molecular complexity index is 864. The Balaban J connectivity index is 1.92. The fourth-order valence-electron chi connectivity index (χ4n) is 2.02. The molecule has 0 amide bonds. The molecule has 9 heteroatoms. The highest BCUT2D eigenvalue weighted by molar-refractivity contribution is 7.89. The molecule has 2 aromatic rings. The number of aromatic nitrogens is 1. The molecule has 0 aliphatic heterocycles. The summed E-state index contributed by atoms with van der Waals surface area (Å²) in [6.45, 7) is 4.23. The number of ether oxygens (including phenoxy) is 1. The molecule has 1 aromatic heterocycles. The second-order valence-electron chi connectivity index (χ2n) is 5.37. The van der Waals surface area contributed by atoms with Crippen LogP contribution in [0.4, 0.5) is 0 Å². The Morgan fingerprint density at radius 3 is 2.36 bits per heavy atom. The highest BCUT2D eigenvalue weighted by atomic mass is 32.2. The van der Waals surface area contributed by atoms with E-state index in [0.29, 0.717) is 22.6 Å². The molecule has 1 heterocycles. The molecule has 0 fully saturated rings. The smallest absolute Gasteiger partial charge is 0.321 e. The number of esters is 1. The number of hydrogen-bond acceptors (Lipinski definition) is 7. The average Bonchev–Trinajstić information content (AvgIpc) is 2.89. The van der Waals surface area contributed by atoms with E-state index in [4.69, 9.17) is 9.26 Å². The van der Waals surface area contributed by atoms with E-state index in [1.54, 1.807) is 13.8 Å². The van der Waals surface area contributed by atoms with Crippen molar-refractivity contribution in [1.29, 1.82) is 0 Å². The fourth-order valence-corrected chi connectivity index (χ4v) is 2.99. The Hall–Kier alpha value is -2.52.